The molecule has 0 saturated carbocycles. The smallest absolute Gasteiger partial charge is 0.325 e. The van der Waals surface area contributed by atoms with Crippen molar-refractivity contribution >= 4 is 11.8 Å². The first-order valence-corrected chi connectivity index (χ1v) is 9.61. The van der Waals surface area contributed by atoms with Crippen LogP contribution in [0, 0.1) is 0 Å². The van der Waals surface area contributed by atoms with Crippen LogP contribution >= 0.6 is 0 Å². The predicted octanol–water partition coefficient (Wildman–Crippen LogP) is 1.80. The highest BCUT2D eigenvalue weighted by atomic mass is 16.6. The fraction of sp³-hybridized carbons (Fsp3) is 0.500. The summed E-state index contributed by atoms with van der Waals surface area (Å²) in [5.74, 6) is 1.77. The highest BCUT2D eigenvalue weighted by Gasteiger charge is 2.24. The van der Waals surface area contributed by atoms with Gasteiger partial charge in [0.05, 0.1) is 19.8 Å². The van der Waals surface area contributed by atoms with Crippen LogP contribution in [0.15, 0.2) is 18.3 Å². The summed E-state index contributed by atoms with van der Waals surface area (Å²) in [6, 6.07) is 3.67. The zero-order valence-corrected chi connectivity index (χ0v) is 16.2. The third-order valence-electron chi connectivity index (χ3n) is 4.82. The summed E-state index contributed by atoms with van der Waals surface area (Å²) in [6.07, 6.45) is 4.63. The van der Waals surface area contributed by atoms with Gasteiger partial charge in [0, 0.05) is 30.6 Å². The Bertz CT molecular complexity index is 869. The minimum Gasteiger partial charge on any atom is -0.485 e. The minimum atomic E-state index is -0.270. The van der Waals surface area contributed by atoms with Crippen LogP contribution in [0.25, 0.3) is 11.5 Å². The fourth-order valence-corrected chi connectivity index (χ4v) is 3.40. The normalized spacial score (nSPS) is 15.6. The first kappa shape index (κ1) is 18.6. The third-order valence-corrected chi connectivity index (χ3v) is 4.82. The van der Waals surface area contributed by atoms with Crippen molar-refractivity contribution in [3.63, 3.8) is 0 Å². The summed E-state index contributed by atoms with van der Waals surface area (Å²) in [6.45, 7) is 3.53. The number of hydrogen-bond acceptors (Lipinski definition) is 8. The average molecular weight is 384 g/mol. The van der Waals surface area contributed by atoms with Crippen LogP contribution in [0.2, 0.25) is 0 Å². The number of aromatic nitrogens is 3. The maximum absolute atomic E-state index is 11.9. The van der Waals surface area contributed by atoms with Gasteiger partial charge in [0.2, 0.25) is 0 Å². The molecule has 2 aromatic heterocycles. The van der Waals surface area contributed by atoms with E-state index in [0.29, 0.717) is 31.3 Å². The molecular formula is C20H24N4O4. The number of carbonyl (C=O) groups excluding carboxylic acids is 1. The zero-order valence-electron chi connectivity index (χ0n) is 16.2. The number of rotatable bonds is 7. The number of pyridine rings is 1. The molecule has 3 heterocycles. The second-order valence-corrected chi connectivity index (χ2v) is 6.96. The second-order valence-electron chi connectivity index (χ2n) is 6.96. The standard InChI is InChI=1S/C20H24N4O4/c1-3-27-18(25)10-24(2)20-15-5-4-6-16(15)22-19(23-20)17-9-13(7-8-21-17)28-14-11-26-12-14/h7-9,14H,3-6,10-12H2,1-2H3. The molecule has 0 bridgehead atoms. The molecule has 148 valence electrons. The van der Waals surface area contributed by atoms with E-state index in [2.05, 4.69) is 4.98 Å². The molecule has 1 saturated heterocycles. The Morgan fingerprint density at radius 2 is 2.18 bits per heavy atom. The van der Waals surface area contributed by atoms with Crippen molar-refractivity contribution in [1.82, 2.24) is 15.0 Å². The van der Waals surface area contributed by atoms with Crippen LogP contribution in [0.4, 0.5) is 5.82 Å². The maximum Gasteiger partial charge on any atom is 0.325 e. The molecule has 0 radical (unpaired) electrons. The van der Waals surface area contributed by atoms with Gasteiger partial charge in [-0.3, -0.25) is 9.78 Å². The Kier molecular flexibility index (Phi) is 5.38. The van der Waals surface area contributed by atoms with Crippen LogP contribution in [-0.2, 0) is 27.1 Å². The number of anilines is 1. The predicted molar refractivity (Wildman–Crippen MR) is 102 cm³/mol. The van der Waals surface area contributed by atoms with Crippen LogP contribution in [-0.4, -0.2) is 60.4 Å². The number of carbonyl (C=O) groups is 1. The van der Waals surface area contributed by atoms with E-state index in [1.54, 1.807) is 13.1 Å². The van der Waals surface area contributed by atoms with Crippen LogP contribution in [0.5, 0.6) is 5.75 Å². The van der Waals surface area contributed by atoms with Crippen molar-refractivity contribution in [3.8, 4) is 17.3 Å². The fourth-order valence-electron chi connectivity index (χ4n) is 3.40. The quantitative estimate of drug-likeness (QED) is 0.668. The number of likely N-dealkylation sites (N-methyl/N-ethyl adjacent to an activating group) is 1. The molecule has 1 fully saturated rings. The molecule has 28 heavy (non-hydrogen) atoms. The molecular weight excluding hydrogens is 360 g/mol. The molecule has 8 nitrogen and oxygen atoms in total. The topological polar surface area (TPSA) is 86.7 Å². The molecule has 2 aliphatic rings. The number of hydrogen-bond donors (Lipinski definition) is 0. The first-order chi connectivity index (χ1) is 13.6. The van der Waals surface area contributed by atoms with Gasteiger partial charge in [-0.25, -0.2) is 9.97 Å². The SMILES string of the molecule is CCOC(=O)CN(C)c1nc(-c2cc(OC3COC3)ccn2)nc2c1CCC2. The van der Waals surface area contributed by atoms with E-state index >= 15 is 0 Å². The molecule has 0 aromatic carbocycles. The molecule has 0 spiro atoms. The van der Waals surface area contributed by atoms with Gasteiger partial charge in [0.15, 0.2) is 5.82 Å². The second kappa shape index (κ2) is 8.10. The monoisotopic (exact) mass is 384 g/mol. The van der Waals surface area contributed by atoms with Gasteiger partial charge in [-0.1, -0.05) is 0 Å². The summed E-state index contributed by atoms with van der Waals surface area (Å²) in [7, 11) is 1.85. The first-order valence-electron chi connectivity index (χ1n) is 9.61. The van der Waals surface area contributed by atoms with Crippen molar-refractivity contribution in [2.45, 2.75) is 32.3 Å². The number of aryl methyl sites for hydroxylation is 1. The zero-order chi connectivity index (χ0) is 19.5. The Morgan fingerprint density at radius 3 is 2.93 bits per heavy atom. The van der Waals surface area contributed by atoms with E-state index in [4.69, 9.17) is 24.2 Å². The van der Waals surface area contributed by atoms with Gasteiger partial charge in [0.1, 0.15) is 29.9 Å². The lowest BCUT2D eigenvalue weighted by Crippen LogP contribution is -2.38. The molecule has 0 unspecified atom stereocenters. The number of esters is 1. The maximum atomic E-state index is 11.9. The van der Waals surface area contributed by atoms with Gasteiger partial charge in [0.25, 0.3) is 0 Å². The van der Waals surface area contributed by atoms with Crippen LogP contribution in [0.3, 0.4) is 0 Å². The third kappa shape index (κ3) is 3.91. The van der Waals surface area contributed by atoms with E-state index in [0.717, 1.165) is 42.1 Å². The molecule has 0 atom stereocenters. The van der Waals surface area contributed by atoms with Crippen molar-refractivity contribution in [2.75, 3.05) is 38.3 Å². The Hall–Kier alpha value is -2.74. The lowest BCUT2D eigenvalue weighted by atomic mass is 10.2. The van der Waals surface area contributed by atoms with Gasteiger partial charge < -0.3 is 19.1 Å². The molecule has 8 heteroatoms. The summed E-state index contributed by atoms with van der Waals surface area (Å²) >= 11 is 0. The molecule has 4 rings (SSSR count). The lowest BCUT2D eigenvalue weighted by Gasteiger charge is -2.26. The summed E-state index contributed by atoms with van der Waals surface area (Å²) in [4.78, 5) is 27.7. The average Bonchev–Trinajstić information content (AvgIpc) is 3.13. The number of ether oxygens (including phenoxy) is 3. The van der Waals surface area contributed by atoms with E-state index in [9.17, 15) is 4.79 Å². The Morgan fingerprint density at radius 1 is 1.32 bits per heavy atom. The molecule has 2 aromatic rings. The number of nitrogens with zero attached hydrogens (tertiary/aromatic N) is 4. The molecule has 1 aliphatic carbocycles. The van der Waals surface area contributed by atoms with E-state index in [1.165, 1.54) is 0 Å². The molecule has 0 N–H and O–H groups in total. The van der Waals surface area contributed by atoms with Gasteiger partial charge in [-0.05, 0) is 32.3 Å². The summed E-state index contributed by atoms with van der Waals surface area (Å²) in [5.41, 5.74) is 2.78. The Labute approximate surface area is 163 Å². The lowest BCUT2D eigenvalue weighted by molar-refractivity contribution is -0.141. The highest BCUT2D eigenvalue weighted by Crippen LogP contribution is 2.31. The van der Waals surface area contributed by atoms with Crippen molar-refractivity contribution in [2.24, 2.45) is 0 Å². The van der Waals surface area contributed by atoms with E-state index < -0.39 is 0 Å². The largest absolute Gasteiger partial charge is 0.485 e. The summed E-state index contributed by atoms with van der Waals surface area (Å²) < 4.78 is 16.1. The molecule has 0 amide bonds. The van der Waals surface area contributed by atoms with Crippen molar-refractivity contribution in [3.05, 3.63) is 29.6 Å². The van der Waals surface area contributed by atoms with Gasteiger partial charge >= 0.3 is 5.97 Å². The van der Waals surface area contributed by atoms with Gasteiger partial charge in [-0.2, -0.15) is 0 Å². The van der Waals surface area contributed by atoms with Crippen LogP contribution < -0.4 is 9.64 Å². The van der Waals surface area contributed by atoms with Gasteiger partial charge in [-0.15, -0.1) is 0 Å². The van der Waals surface area contributed by atoms with Crippen molar-refractivity contribution < 1.29 is 19.0 Å². The van der Waals surface area contributed by atoms with Crippen LogP contribution in [0.1, 0.15) is 24.6 Å². The van der Waals surface area contributed by atoms with Crippen molar-refractivity contribution in [1.29, 1.82) is 0 Å². The summed E-state index contributed by atoms with van der Waals surface area (Å²) in [5, 5.41) is 0. The number of fused-ring (bicyclic) bond motifs is 1. The van der Waals surface area contributed by atoms with E-state index in [-0.39, 0.29) is 18.6 Å². The molecule has 1 aliphatic heterocycles. The minimum absolute atomic E-state index is 0.0856. The van der Waals surface area contributed by atoms with E-state index in [1.807, 2.05) is 24.1 Å². The Balaban J connectivity index is 1.63. The highest BCUT2D eigenvalue weighted by molar-refractivity contribution is 5.76.